The molecule has 0 aliphatic rings. The minimum atomic E-state index is -1.15. The van der Waals surface area contributed by atoms with E-state index in [9.17, 15) is 14.4 Å². The van der Waals surface area contributed by atoms with E-state index in [1.54, 1.807) is 19.0 Å². The zero-order chi connectivity index (χ0) is 16.8. The number of carbonyl (C=O) groups is 3. The van der Waals surface area contributed by atoms with Gasteiger partial charge >= 0.3 is 5.97 Å². The van der Waals surface area contributed by atoms with E-state index < -0.39 is 23.5 Å². The molecule has 0 spiro atoms. The maximum atomic E-state index is 12.2. The topological polar surface area (TPSA) is 90.0 Å². The molecule has 21 heavy (non-hydrogen) atoms. The smallest absolute Gasteiger partial charge is 0.327 e. The van der Waals surface area contributed by atoms with Crippen LogP contribution in [0.15, 0.2) is 0 Å². The molecule has 0 saturated heterocycles. The Bertz CT molecular complexity index is 393. The number of carbonyl (C=O) groups excluding carboxylic acids is 2. The number of carboxylic acid groups (broad SMARTS) is 1. The van der Waals surface area contributed by atoms with Crippen LogP contribution in [0.4, 0.5) is 0 Å². The molecule has 0 aromatic carbocycles. The lowest BCUT2D eigenvalue weighted by Crippen LogP contribution is -2.54. The molecule has 0 aromatic heterocycles. The molecule has 0 heterocycles. The molecule has 0 aromatic rings. The summed E-state index contributed by atoms with van der Waals surface area (Å²) in [5.41, 5.74) is -0.538. The highest BCUT2D eigenvalue weighted by molar-refractivity contribution is 7.80. The van der Waals surface area contributed by atoms with Crippen molar-refractivity contribution in [2.75, 3.05) is 32.9 Å². The molecule has 7 nitrogen and oxygen atoms in total. The SMILES string of the molecule is CN(C)CC(=O)N(CC(=O)N[C@H](CS)C(=O)O)C(C)(C)C. The lowest BCUT2D eigenvalue weighted by atomic mass is 10.1. The van der Waals surface area contributed by atoms with Gasteiger partial charge in [-0.05, 0) is 34.9 Å². The first-order valence-corrected chi connectivity index (χ1v) is 7.20. The van der Waals surface area contributed by atoms with Crippen LogP contribution < -0.4 is 5.32 Å². The van der Waals surface area contributed by atoms with Crippen molar-refractivity contribution in [1.29, 1.82) is 0 Å². The second-order valence-electron chi connectivity index (χ2n) is 6.03. The number of likely N-dealkylation sites (N-methyl/N-ethyl adjacent to an activating group) is 1. The Kier molecular flexibility index (Phi) is 7.73. The van der Waals surface area contributed by atoms with Crippen molar-refractivity contribution in [1.82, 2.24) is 15.1 Å². The second-order valence-corrected chi connectivity index (χ2v) is 6.39. The summed E-state index contributed by atoms with van der Waals surface area (Å²) >= 11 is 3.88. The van der Waals surface area contributed by atoms with Crippen molar-refractivity contribution in [3.8, 4) is 0 Å². The minimum absolute atomic E-state index is 0.0117. The Morgan fingerprint density at radius 2 is 1.71 bits per heavy atom. The average Bonchev–Trinajstić information content (AvgIpc) is 2.30. The summed E-state index contributed by atoms with van der Waals surface area (Å²) in [6.07, 6.45) is 0. The van der Waals surface area contributed by atoms with Crippen molar-refractivity contribution < 1.29 is 19.5 Å². The van der Waals surface area contributed by atoms with E-state index in [2.05, 4.69) is 17.9 Å². The number of carboxylic acids is 1. The van der Waals surface area contributed by atoms with E-state index >= 15 is 0 Å². The van der Waals surface area contributed by atoms with Gasteiger partial charge in [0.05, 0.1) is 6.54 Å². The van der Waals surface area contributed by atoms with Gasteiger partial charge in [-0.1, -0.05) is 0 Å². The van der Waals surface area contributed by atoms with Crippen LogP contribution >= 0.6 is 12.6 Å². The molecule has 0 aliphatic heterocycles. The lowest BCUT2D eigenvalue weighted by molar-refractivity contribution is -0.143. The van der Waals surface area contributed by atoms with Gasteiger partial charge in [0.2, 0.25) is 11.8 Å². The highest BCUT2D eigenvalue weighted by atomic mass is 32.1. The molecular weight excluding hydrogens is 294 g/mol. The summed E-state index contributed by atoms with van der Waals surface area (Å²) in [7, 11) is 3.53. The highest BCUT2D eigenvalue weighted by Gasteiger charge is 2.29. The summed E-state index contributed by atoms with van der Waals surface area (Å²) in [5, 5.41) is 11.2. The van der Waals surface area contributed by atoms with Crippen LogP contribution in [0.3, 0.4) is 0 Å². The Labute approximate surface area is 131 Å². The summed E-state index contributed by atoms with van der Waals surface area (Å²) in [4.78, 5) is 38.2. The van der Waals surface area contributed by atoms with Gasteiger partial charge in [-0.2, -0.15) is 12.6 Å². The first-order valence-electron chi connectivity index (χ1n) is 6.57. The molecule has 0 fully saturated rings. The second kappa shape index (κ2) is 8.23. The van der Waals surface area contributed by atoms with Crippen LogP contribution in [0.5, 0.6) is 0 Å². The third kappa shape index (κ3) is 7.33. The fourth-order valence-corrected chi connectivity index (χ4v) is 1.87. The quantitative estimate of drug-likeness (QED) is 0.559. The van der Waals surface area contributed by atoms with E-state index in [4.69, 9.17) is 5.11 Å². The normalized spacial score (nSPS) is 12.9. The van der Waals surface area contributed by atoms with Crippen LogP contribution in [-0.4, -0.2) is 77.2 Å². The van der Waals surface area contributed by atoms with Gasteiger partial charge in [-0.3, -0.25) is 9.59 Å². The molecule has 0 unspecified atom stereocenters. The summed E-state index contributed by atoms with van der Waals surface area (Å²) < 4.78 is 0. The maximum Gasteiger partial charge on any atom is 0.327 e. The fourth-order valence-electron chi connectivity index (χ4n) is 1.62. The van der Waals surface area contributed by atoms with E-state index in [1.807, 2.05) is 20.8 Å². The maximum absolute atomic E-state index is 12.2. The molecule has 0 saturated carbocycles. The van der Waals surface area contributed by atoms with Crippen molar-refractivity contribution in [2.45, 2.75) is 32.4 Å². The molecule has 122 valence electrons. The van der Waals surface area contributed by atoms with Gasteiger partial charge in [-0.15, -0.1) is 0 Å². The summed E-state index contributed by atoms with van der Waals surface area (Å²) in [6.45, 7) is 5.45. The number of nitrogens with zero attached hydrogens (tertiary/aromatic N) is 2. The average molecular weight is 319 g/mol. The molecule has 2 N–H and O–H groups in total. The fraction of sp³-hybridized carbons (Fsp3) is 0.769. The number of amides is 2. The van der Waals surface area contributed by atoms with Gasteiger partial charge in [0.1, 0.15) is 12.6 Å². The van der Waals surface area contributed by atoms with Gasteiger partial charge in [0, 0.05) is 11.3 Å². The van der Waals surface area contributed by atoms with E-state index in [-0.39, 0.29) is 24.7 Å². The molecule has 8 heteroatoms. The van der Waals surface area contributed by atoms with Crippen molar-refractivity contribution in [2.24, 2.45) is 0 Å². The van der Waals surface area contributed by atoms with Gasteiger partial charge < -0.3 is 20.2 Å². The third-order valence-corrected chi connectivity index (χ3v) is 3.05. The number of thiol groups is 1. The van der Waals surface area contributed by atoms with Crippen LogP contribution in [0.25, 0.3) is 0 Å². The van der Waals surface area contributed by atoms with Crippen molar-refractivity contribution in [3.63, 3.8) is 0 Å². The minimum Gasteiger partial charge on any atom is -0.480 e. The molecular formula is C13H25N3O4S. The summed E-state index contributed by atoms with van der Waals surface area (Å²) in [6, 6.07) is -1.06. The monoisotopic (exact) mass is 319 g/mol. The molecule has 0 bridgehead atoms. The number of hydrogen-bond donors (Lipinski definition) is 3. The molecule has 0 rings (SSSR count). The Morgan fingerprint density at radius 3 is 2.05 bits per heavy atom. The van der Waals surface area contributed by atoms with Crippen molar-refractivity contribution in [3.05, 3.63) is 0 Å². The van der Waals surface area contributed by atoms with Crippen LogP contribution in [0.2, 0.25) is 0 Å². The third-order valence-electron chi connectivity index (χ3n) is 2.68. The number of aliphatic carboxylic acids is 1. The van der Waals surface area contributed by atoms with Gasteiger partial charge in [0.25, 0.3) is 0 Å². The van der Waals surface area contributed by atoms with Crippen LogP contribution in [-0.2, 0) is 14.4 Å². The molecule has 1 atom stereocenters. The Morgan fingerprint density at radius 1 is 1.19 bits per heavy atom. The predicted molar refractivity (Wildman–Crippen MR) is 83.4 cm³/mol. The zero-order valence-corrected chi connectivity index (χ0v) is 14.1. The number of nitrogens with one attached hydrogen (secondary N) is 1. The number of rotatable bonds is 7. The van der Waals surface area contributed by atoms with Crippen molar-refractivity contribution >= 4 is 30.4 Å². The van der Waals surface area contributed by atoms with Crippen LogP contribution in [0, 0.1) is 0 Å². The first kappa shape index (κ1) is 19.7. The van der Waals surface area contributed by atoms with Crippen LogP contribution in [0.1, 0.15) is 20.8 Å². The summed E-state index contributed by atoms with van der Waals surface area (Å²) in [5.74, 6) is -1.87. The molecule has 2 amide bonds. The van der Waals surface area contributed by atoms with Gasteiger partial charge in [0.15, 0.2) is 0 Å². The first-order chi connectivity index (χ1) is 9.48. The van der Waals surface area contributed by atoms with Gasteiger partial charge in [-0.25, -0.2) is 4.79 Å². The predicted octanol–water partition coefficient (Wildman–Crippen LogP) is -0.326. The largest absolute Gasteiger partial charge is 0.480 e. The Hall–Kier alpha value is -1.28. The lowest BCUT2D eigenvalue weighted by Gasteiger charge is -2.36. The zero-order valence-electron chi connectivity index (χ0n) is 13.2. The standard InChI is InChI=1S/C13H25N3O4S/c1-13(2,3)16(11(18)7-15(4)5)6-10(17)14-9(8-21)12(19)20/h9,21H,6-8H2,1-5H3,(H,14,17)(H,19,20)/t9-/m1/s1. The molecule has 0 radical (unpaired) electrons. The van der Waals surface area contributed by atoms with E-state index in [0.717, 1.165) is 0 Å². The Balaban J connectivity index is 4.87. The highest BCUT2D eigenvalue weighted by Crippen LogP contribution is 2.13. The number of hydrogen-bond acceptors (Lipinski definition) is 5. The van der Waals surface area contributed by atoms with E-state index in [1.165, 1.54) is 4.90 Å². The molecule has 0 aliphatic carbocycles. The van der Waals surface area contributed by atoms with E-state index in [0.29, 0.717) is 0 Å².